The van der Waals surface area contributed by atoms with E-state index in [0.717, 1.165) is 12.0 Å². The molecular weight excluding hydrogens is 311 g/mol. The van der Waals surface area contributed by atoms with Gasteiger partial charge in [-0.25, -0.2) is 0 Å². The largest absolute Gasteiger partial charge is 0.0827 e. The maximum absolute atomic E-state index is 6.33. The third-order valence-electron chi connectivity index (χ3n) is 4.31. The van der Waals surface area contributed by atoms with Crippen LogP contribution in [0.25, 0.3) is 0 Å². The number of hydrogen-bond donors (Lipinski definition) is 0. The van der Waals surface area contributed by atoms with Crippen molar-refractivity contribution in [3.8, 4) is 0 Å². The average Bonchev–Trinajstić information content (AvgIpc) is 2.42. The number of halogens is 2. The minimum absolute atomic E-state index is 0.375. The van der Waals surface area contributed by atoms with E-state index in [0.29, 0.717) is 21.9 Å². The Morgan fingerprint density at radius 2 is 1.55 bits per heavy atom. The molecule has 0 radical (unpaired) electrons. The van der Waals surface area contributed by atoms with Crippen LogP contribution in [-0.2, 0) is 6.42 Å². The smallest absolute Gasteiger partial charge is 0.0627 e. The molecule has 0 saturated carbocycles. The Labute approximate surface area is 144 Å². The molecule has 0 aliphatic heterocycles. The number of benzene rings is 2. The van der Waals surface area contributed by atoms with Crippen LogP contribution in [0, 0.1) is 13.8 Å². The molecule has 0 nitrogen and oxygen atoms in total. The van der Waals surface area contributed by atoms with Gasteiger partial charge < -0.3 is 0 Å². The maximum Gasteiger partial charge on any atom is 0.0627 e. The van der Waals surface area contributed by atoms with E-state index in [1.165, 1.54) is 22.3 Å². The molecule has 0 aromatic heterocycles. The summed E-state index contributed by atoms with van der Waals surface area (Å²) in [7, 11) is 0. The molecular formula is C20H24Cl2. The fourth-order valence-corrected chi connectivity index (χ4v) is 3.84. The van der Waals surface area contributed by atoms with E-state index in [9.17, 15) is 0 Å². The highest BCUT2D eigenvalue weighted by atomic mass is 35.5. The topological polar surface area (TPSA) is 0 Å². The van der Waals surface area contributed by atoms with Crippen molar-refractivity contribution >= 4 is 23.2 Å². The molecule has 2 rings (SSSR count). The van der Waals surface area contributed by atoms with Gasteiger partial charge in [-0.2, -0.15) is 0 Å². The van der Waals surface area contributed by atoms with E-state index in [1.807, 2.05) is 6.07 Å². The normalized spacial score (nSPS) is 12.7. The van der Waals surface area contributed by atoms with Crippen LogP contribution in [0.1, 0.15) is 60.4 Å². The summed E-state index contributed by atoms with van der Waals surface area (Å²) in [5.41, 5.74) is 6.55. The molecule has 118 valence electrons. The molecule has 0 fully saturated rings. The first kappa shape index (κ1) is 17.4. The number of rotatable bonds is 4. The molecule has 2 aromatic carbocycles. The minimum atomic E-state index is 0.375. The highest BCUT2D eigenvalue weighted by Gasteiger charge is 2.15. The second-order valence-electron chi connectivity index (χ2n) is 6.55. The van der Waals surface area contributed by atoms with E-state index in [-0.39, 0.29) is 0 Å². The van der Waals surface area contributed by atoms with Gasteiger partial charge in [0.2, 0.25) is 0 Å². The van der Waals surface area contributed by atoms with Gasteiger partial charge in [-0.05, 0) is 66.0 Å². The van der Waals surface area contributed by atoms with Crippen molar-refractivity contribution in [1.82, 2.24) is 0 Å². The Bertz CT molecular complexity index is 651. The molecule has 0 bridgehead atoms. The minimum Gasteiger partial charge on any atom is -0.0827 e. The van der Waals surface area contributed by atoms with Crippen LogP contribution in [0.2, 0.25) is 10.0 Å². The van der Waals surface area contributed by atoms with Crippen LogP contribution in [-0.4, -0.2) is 0 Å². The standard InChI is InChI=1S/C20H24Cl2/c1-12(2)17-10-16(11-18(21)20(17)22)9-15(5)19-13(3)7-6-8-14(19)4/h6-8,10-12,15H,9H2,1-5H3. The third kappa shape index (κ3) is 3.67. The van der Waals surface area contributed by atoms with E-state index in [4.69, 9.17) is 23.2 Å². The molecule has 0 saturated heterocycles. The molecule has 0 N–H and O–H groups in total. The molecule has 2 heteroatoms. The lowest BCUT2D eigenvalue weighted by atomic mass is 9.87. The SMILES string of the molecule is Cc1cccc(C)c1C(C)Cc1cc(Cl)c(Cl)c(C(C)C)c1. The molecule has 0 aliphatic rings. The Morgan fingerprint density at radius 1 is 0.955 bits per heavy atom. The Morgan fingerprint density at radius 3 is 2.09 bits per heavy atom. The van der Waals surface area contributed by atoms with Crippen molar-refractivity contribution in [2.24, 2.45) is 0 Å². The molecule has 0 aliphatic carbocycles. The summed E-state index contributed by atoms with van der Waals surface area (Å²) in [4.78, 5) is 0. The molecule has 1 atom stereocenters. The van der Waals surface area contributed by atoms with Gasteiger partial charge in [0.05, 0.1) is 10.0 Å². The summed E-state index contributed by atoms with van der Waals surface area (Å²) in [6.07, 6.45) is 0.975. The summed E-state index contributed by atoms with van der Waals surface area (Å²) in [5, 5.41) is 1.36. The zero-order chi connectivity index (χ0) is 16.4. The van der Waals surface area contributed by atoms with Gasteiger partial charge in [-0.15, -0.1) is 0 Å². The highest BCUT2D eigenvalue weighted by Crippen LogP contribution is 2.34. The fourth-order valence-electron chi connectivity index (χ4n) is 3.27. The number of aryl methyl sites for hydroxylation is 2. The van der Waals surface area contributed by atoms with Crippen molar-refractivity contribution in [1.29, 1.82) is 0 Å². The lowest BCUT2D eigenvalue weighted by Gasteiger charge is -2.19. The summed E-state index contributed by atoms with van der Waals surface area (Å²) < 4.78 is 0. The summed E-state index contributed by atoms with van der Waals surface area (Å²) in [6.45, 7) is 11.0. The lowest BCUT2D eigenvalue weighted by Crippen LogP contribution is -2.04. The first-order valence-corrected chi connectivity index (χ1v) is 8.60. The lowest BCUT2D eigenvalue weighted by molar-refractivity contribution is 0.743. The van der Waals surface area contributed by atoms with Gasteiger partial charge in [0.25, 0.3) is 0 Å². The maximum atomic E-state index is 6.33. The molecule has 2 aromatic rings. The van der Waals surface area contributed by atoms with E-state index in [2.05, 4.69) is 58.9 Å². The Balaban J connectivity index is 2.35. The fraction of sp³-hybridized carbons (Fsp3) is 0.400. The van der Waals surface area contributed by atoms with Crippen LogP contribution in [0.3, 0.4) is 0 Å². The highest BCUT2D eigenvalue weighted by molar-refractivity contribution is 6.42. The van der Waals surface area contributed by atoms with Crippen LogP contribution in [0.5, 0.6) is 0 Å². The Kier molecular flexibility index (Phi) is 5.58. The summed E-state index contributed by atoms with van der Waals surface area (Å²) in [6, 6.07) is 10.7. The van der Waals surface area contributed by atoms with Gasteiger partial charge in [-0.3, -0.25) is 0 Å². The predicted molar refractivity (Wildman–Crippen MR) is 98.6 cm³/mol. The van der Waals surface area contributed by atoms with Crippen molar-refractivity contribution in [3.63, 3.8) is 0 Å². The van der Waals surface area contributed by atoms with E-state index >= 15 is 0 Å². The van der Waals surface area contributed by atoms with Crippen molar-refractivity contribution in [2.75, 3.05) is 0 Å². The van der Waals surface area contributed by atoms with Crippen molar-refractivity contribution in [3.05, 3.63) is 68.2 Å². The molecule has 0 heterocycles. The molecule has 0 spiro atoms. The van der Waals surface area contributed by atoms with E-state index in [1.54, 1.807) is 0 Å². The molecule has 1 unspecified atom stereocenters. The van der Waals surface area contributed by atoms with Crippen LogP contribution >= 0.6 is 23.2 Å². The van der Waals surface area contributed by atoms with Gasteiger partial charge in [0.1, 0.15) is 0 Å². The van der Waals surface area contributed by atoms with Gasteiger partial charge in [0, 0.05) is 0 Å². The van der Waals surface area contributed by atoms with Crippen molar-refractivity contribution < 1.29 is 0 Å². The van der Waals surface area contributed by atoms with Gasteiger partial charge in [0.15, 0.2) is 0 Å². The van der Waals surface area contributed by atoms with E-state index < -0.39 is 0 Å². The second-order valence-corrected chi connectivity index (χ2v) is 7.33. The van der Waals surface area contributed by atoms with Crippen molar-refractivity contribution in [2.45, 2.75) is 52.9 Å². The zero-order valence-corrected chi connectivity index (χ0v) is 15.5. The molecule has 0 amide bonds. The number of hydrogen-bond acceptors (Lipinski definition) is 0. The van der Waals surface area contributed by atoms with Crippen LogP contribution in [0.4, 0.5) is 0 Å². The van der Waals surface area contributed by atoms with Gasteiger partial charge >= 0.3 is 0 Å². The zero-order valence-electron chi connectivity index (χ0n) is 14.0. The predicted octanol–water partition coefficient (Wildman–Crippen LogP) is 7.08. The average molecular weight is 335 g/mol. The van der Waals surface area contributed by atoms with Crippen LogP contribution < -0.4 is 0 Å². The first-order chi connectivity index (χ1) is 10.3. The molecule has 22 heavy (non-hydrogen) atoms. The quantitative estimate of drug-likeness (QED) is 0.560. The Hall–Kier alpha value is -0.980. The monoisotopic (exact) mass is 334 g/mol. The van der Waals surface area contributed by atoms with Crippen LogP contribution in [0.15, 0.2) is 30.3 Å². The second kappa shape index (κ2) is 7.06. The summed E-state index contributed by atoms with van der Waals surface area (Å²) >= 11 is 12.7. The first-order valence-electron chi connectivity index (χ1n) is 7.85. The summed E-state index contributed by atoms with van der Waals surface area (Å²) in [5.74, 6) is 0.832. The third-order valence-corrected chi connectivity index (χ3v) is 5.13. The van der Waals surface area contributed by atoms with Gasteiger partial charge in [-0.1, -0.05) is 68.2 Å².